The van der Waals surface area contributed by atoms with Crippen LogP contribution in [0.5, 0.6) is 0 Å². The first-order valence-electron chi connectivity index (χ1n) is 4.73. The Morgan fingerprint density at radius 2 is 1.86 bits per heavy atom. The molecule has 0 saturated carbocycles. The van der Waals surface area contributed by atoms with Crippen molar-refractivity contribution in [1.29, 1.82) is 0 Å². The van der Waals surface area contributed by atoms with Gasteiger partial charge in [0.05, 0.1) is 0 Å². The molecule has 0 saturated heterocycles. The molecule has 0 fully saturated rings. The van der Waals surface area contributed by atoms with E-state index in [1.807, 2.05) is 19.2 Å². The molecule has 1 nitrogen and oxygen atoms in total. The van der Waals surface area contributed by atoms with Gasteiger partial charge >= 0.3 is 0 Å². The second-order valence-corrected chi connectivity index (χ2v) is 3.85. The first-order chi connectivity index (χ1) is 6.65. The molecule has 2 heteroatoms. The van der Waals surface area contributed by atoms with Crippen LogP contribution < -0.4 is 5.32 Å². The predicted molar refractivity (Wildman–Crippen MR) is 63.9 cm³/mol. The Morgan fingerprint density at radius 1 is 1.29 bits per heavy atom. The van der Waals surface area contributed by atoms with Crippen molar-refractivity contribution in [3.63, 3.8) is 0 Å². The van der Waals surface area contributed by atoms with Gasteiger partial charge in [-0.1, -0.05) is 23.8 Å². The highest BCUT2D eigenvalue weighted by Gasteiger charge is 2.00. The summed E-state index contributed by atoms with van der Waals surface area (Å²) in [6, 6.07) is 3.99. The molecule has 1 aromatic carbocycles. The molecule has 0 aromatic heterocycles. The molecule has 0 aliphatic rings. The topological polar surface area (TPSA) is 12.0 Å². The third kappa shape index (κ3) is 2.86. The van der Waals surface area contributed by atoms with Crippen LogP contribution in [0.3, 0.4) is 0 Å². The summed E-state index contributed by atoms with van der Waals surface area (Å²) < 4.78 is 0. The van der Waals surface area contributed by atoms with Gasteiger partial charge < -0.3 is 5.32 Å². The molecular formula is C12H16ClN. The van der Waals surface area contributed by atoms with Crippen LogP contribution in [-0.2, 0) is 0 Å². The Bertz CT molecular complexity index is 319. The number of likely N-dealkylation sites (N-methyl/N-ethyl adjacent to an activating group) is 1. The average Bonchev–Trinajstić information content (AvgIpc) is 2.09. The predicted octanol–water partition coefficient (Wildman–Crippen LogP) is 3.19. The standard InChI is InChI=1S/C12H16ClN/c1-9-7-11(13)8-10(2)12(9)5-4-6-14-3/h4-5,7-8,14H,6H2,1-3H3. The van der Waals surface area contributed by atoms with Gasteiger partial charge in [-0.05, 0) is 49.7 Å². The molecule has 0 spiro atoms. The lowest BCUT2D eigenvalue weighted by atomic mass is 10.0. The SMILES string of the molecule is CNCC=Cc1c(C)cc(Cl)cc1C. The van der Waals surface area contributed by atoms with Gasteiger partial charge in [0.15, 0.2) is 0 Å². The number of halogens is 1. The van der Waals surface area contributed by atoms with E-state index in [0.717, 1.165) is 11.6 Å². The van der Waals surface area contributed by atoms with E-state index in [4.69, 9.17) is 11.6 Å². The molecule has 0 heterocycles. The van der Waals surface area contributed by atoms with Gasteiger partial charge in [0.2, 0.25) is 0 Å². The number of aryl methyl sites for hydroxylation is 2. The van der Waals surface area contributed by atoms with Crippen LogP contribution in [-0.4, -0.2) is 13.6 Å². The zero-order valence-electron chi connectivity index (χ0n) is 8.89. The summed E-state index contributed by atoms with van der Waals surface area (Å²) in [6.07, 6.45) is 4.25. The van der Waals surface area contributed by atoms with Gasteiger partial charge in [0.1, 0.15) is 0 Å². The largest absolute Gasteiger partial charge is 0.316 e. The summed E-state index contributed by atoms with van der Waals surface area (Å²) in [4.78, 5) is 0. The maximum Gasteiger partial charge on any atom is 0.0411 e. The maximum absolute atomic E-state index is 5.95. The fourth-order valence-corrected chi connectivity index (χ4v) is 1.81. The molecule has 0 aliphatic carbocycles. The lowest BCUT2D eigenvalue weighted by Gasteiger charge is -2.05. The van der Waals surface area contributed by atoms with Crippen molar-refractivity contribution in [1.82, 2.24) is 5.32 Å². The first kappa shape index (κ1) is 11.3. The van der Waals surface area contributed by atoms with Gasteiger partial charge in [-0.25, -0.2) is 0 Å². The second kappa shape index (κ2) is 5.18. The van der Waals surface area contributed by atoms with E-state index in [-0.39, 0.29) is 0 Å². The smallest absolute Gasteiger partial charge is 0.0411 e. The molecule has 1 rings (SSSR count). The van der Waals surface area contributed by atoms with Crippen LogP contribution in [0.2, 0.25) is 5.02 Å². The van der Waals surface area contributed by atoms with Gasteiger partial charge in [-0.2, -0.15) is 0 Å². The van der Waals surface area contributed by atoms with Crippen LogP contribution in [0.15, 0.2) is 18.2 Å². The quantitative estimate of drug-likeness (QED) is 0.807. The molecule has 1 N–H and O–H groups in total. The fraction of sp³-hybridized carbons (Fsp3) is 0.333. The van der Waals surface area contributed by atoms with Crippen molar-refractivity contribution in [3.8, 4) is 0 Å². The number of rotatable bonds is 3. The molecule has 0 unspecified atom stereocenters. The summed E-state index contributed by atoms with van der Waals surface area (Å²) in [5.41, 5.74) is 3.72. The molecule has 14 heavy (non-hydrogen) atoms. The molecule has 0 atom stereocenters. The molecule has 0 bridgehead atoms. The van der Waals surface area contributed by atoms with Crippen molar-refractivity contribution < 1.29 is 0 Å². The highest BCUT2D eigenvalue weighted by atomic mass is 35.5. The highest BCUT2D eigenvalue weighted by molar-refractivity contribution is 6.30. The van der Waals surface area contributed by atoms with E-state index in [1.54, 1.807) is 0 Å². The summed E-state index contributed by atoms with van der Waals surface area (Å²) in [7, 11) is 1.94. The third-order valence-electron chi connectivity index (χ3n) is 2.16. The Labute approximate surface area is 90.8 Å². The van der Waals surface area contributed by atoms with E-state index in [0.29, 0.717) is 0 Å². The van der Waals surface area contributed by atoms with Crippen LogP contribution in [0.25, 0.3) is 6.08 Å². The molecule has 1 aromatic rings. The molecule has 0 amide bonds. The first-order valence-corrected chi connectivity index (χ1v) is 5.11. The molecule has 76 valence electrons. The van der Waals surface area contributed by atoms with Gasteiger partial charge in [0.25, 0.3) is 0 Å². The third-order valence-corrected chi connectivity index (χ3v) is 2.38. The minimum Gasteiger partial charge on any atom is -0.316 e. The Hall–Kier alpha value is -0.790. The minimum absolute atomic E-state index is 0.811. The lowest BCUT2D eigenvalue weighted by Crippen LogP contribution is -2.03. The van der Waals surface area contributed by atoms with Crippen LogP contribution in [0.1, 0.15) is 16.7 Å². The zero-order valence-corrected chi connectivity index (χ0v) is 9.65. The van der Waals surface area contributed by atoms with E-state index >= 15 is 0 Å². The maximum atomic E-state index is 5.95. The minimum atomic E-state index is 0.811. The van der Waals surface area contributed by atoms with Crippen molar-refractivity contribution >= 4 is 17.7 Å². The fourth-order valence-electron chi connectivity index (χ4n) is 1.48. The van der Waals surface area contributed by atoms with Gasteiger partial charge in [-0.15, -0.1) is 0 Å². The average molecular weight is 210 g/mol. The molecule has 0 aliphatic heterocycles. The van der Waals surface area contributed by atoms with Crippen molar-refractivity contribution in [2.24, 2.45) is 0 Å². The Kier molecular flexibility index (Phi) is 4.18. The number of benzene rings is 1. The molecule has 0 radical (unpaired) electrons. The summed E-state index contributed by atoms with van der Waals surface area (Å²) >= 11 is 5.95. The van der Waals surface area contributed by atoms with E-state index in [1.165, 1.54) is 16.7 Å². The second-order valence-electron chi connectivity index (χ2n) is 3.41. The van der Waals surface area contributed by atoms with Gasteiger partial charge in [0, 0.05) is 11.6 Å². The Morgan fingerprint density at radius 3 is 2.36 bits per heavy atom. The summed E-state index contributed by atoms with van der Waals surface area (Å²) in [5.74, 6) is 0. The van der Waals surface area contributed by atoms with E-state index < -0.39 is 0 Å². The normalized spacial score (nSPS) is 11.1. The monoisotopic (exact) mass is 209 g/mol. The number of hydrogen-bond donors (Lipinski definition) is 1. The van der Waals surface area contributed by atoms with Crippen molar-refractivity contribution in [2.45, 2.75) is 13.8 Å². The zero-order chi connectivity index (χ0) is 10.6. The van der Waals surface area contributed by atoms with Crippen molar-refractivity contribution in [2.75, 3.05) is 13.6 Å². The summed E-state index contributed by atoms with van der Waals surface area (Å²) in [5, 5.41) is 3.89. The number of hydrogen-bond acceptors (Lipinski definition) is 1. The lowest BCUT2D eigenvalue weighted by molar-refractivity contribution is 0.922. The van der Waals surface area contributed by atoms with Crippen molar-refractivity contribution in [3.05, 3.63) is 39.9 Å². The number of nitrogens with one attached hydrogen (secondary N) is 1. The van der Waals surface area contributed by atoms with Gasteiger partial charge in [-0.3, -0.25) is 0 Å². The van der Waals surface area contributed by atoms with Crippen LogP contribution >= 0.6 is 11.6 Å². The molecular weight excluding hydrogens is 194 g/mol. The van der Waals surface area contributed by atoms with E-state index in [2.05, 4.69) is 31.3 Å². The Balaban J connectivity index is 2.96. The van der Waals surface area contributed by atoms with E-state index in [9.17, 15) is 0 Å². The van der Waals surface area contributed by atoms with Crippen LogP contribution in [0, 0.1) is 13.8 Å². The van der Waals surface area contributed by atoms with Crippen LogP contribution in [0.4, 0.5) is 0 Å². The summed E-state index contributed by atoms with van der Waals surface area (Å²) in [6.45, 7) is 5.05. The highest BCUT2D eigenvalue weighted by Crippen LogP contribution is 2.20.